The average Bonchev–Trinajstić information content (AvgIpc) is 2.31. The van der Waals surface area contributed by atoms with Crippen LogP contribution < -0.4 is 0 Å². The van der Waals surface area contributed by atoms with Crippen LogP contribution in [-0.2, 0) is 16.0 Å². The van der Waals surface area contributed by atoms with Gasteiger partial charge in [0, 0.05) is 23.9 Å². The summed E-state index contributed by atoms with van der Waals surface area (Å²) in [6, 6.07) is 4.71. The van der Waals surface area contributed by atoms with Crippen LogP contribution in [0, 0.1) is 11.7 Å². The maximum absolute atomic E-state index is 13.5. The second kappa shape index (κ2) is 6.62. The maximum atomic E-state index is 13.5. The van der Waals surface area contributed by atoms with E-state index in [0.29, 0.717) is 24.0 Å². The van der Waals surface area contributed by atoms with E-state index in [4.69, 9.17) is 4.74 Å². The first kappa shape index (κ1) is 14.7. The Morgan fingerprint density at radius 3 is 2.89 bits per heavy atom. The van der Waals surface area contributed by atoms with Crippen LogP contribution in [0.1, 0.15) is 31.7 Å². The Morgan fingerprint density at radius 2 is 2.21 bits per heavy atom. The summed E-state index contributed by atoms with van der Waals surface area (Å²) in [5.74, 6) is 0.216. The average molecular weight is 329 g/mol. The van der Waals surface area contributed by atoms with Crippen molar-refractivity contribution >= 4 is 21.7 Å². The highest BCUT2D eigenvalue weighted by Crippen LogP contribution is 2.33. The number of carbonyl (C=O) groups is 1. The van der Waals surface area contributed by atoms with Crippen LogP contribution >= 0.6 is 15.9 Å². The molecule has 0 unspecified atom stereocenters. The van der Waals surface area contributed by atoms with Gasteiger partial charge >= 0.3 is 0 Å². The predicted molar refractivity (Wildman–Crippen MR) is 75.6 cm³/mol. The van der Waals surface area contributed by atoms with E-state index in [-0.39, 0.29) is 18.0 Å². The highest BCUT2D eigenvalue weighted by Gasteiger charge is 2.31. The van der Waals surface area contributed by atoms with Crippen LogP contribution in [0.4, 0.5) is 4.39 Å². The molecule has 104 valence electrons. The van der Waals surface area contributed by atoms with E-state index < -0.39 is 0 Å². The fourth-order valence-corrected chi connectivity index (χ4v) is 2.91. The van der Waals surface area contributed by atoms with Crippen LogP contribution in [0.25, 0.3) is 0 Å². The minimum atomic E-state index is -0.308. The molecular formula is C15H18BrFO2. The van der Waals surface area contributed by atoms with E-state index >= 15 is 0 Å². The smallest absolute Gasteiger partial charge is 0.137 e. The normalized spacial score (nSPS) is 22.1. The Labute approximate surface area is 121 Å². The molecule has 0 radical (unpaired) electrons. The van der Waals surface area contributed by atoms with Crippen molar-refractivity contribution in [1.82, 2.24) is 0 Å². The van der Waals surface area contributed by atoms with Gasteiger partial charge in [0.25, 0.3) is 0 Å². The van der Waals surface area contributed by atoms with E-state index in [1.807, 2.05) is 6.92 Å². The van der Waals surface area contributed by atoms with Gasteiger partial charge in [-0.1, -0.05) is 15.9 Å². The van der Waals surface area contributed by atoms with E-state index in [9.17, 15) is 9.18 Å². The standard InChI is InChI=1S/C15H18BrFO2/c1-2-19-14-6-10(7-14)5-13(18)9-11-8-12(16)3-4-15(11)17/h3-4,8,10,14H,2,5-7,9H2,1H3. The fraction of sp³-hybridized carbons (Fsp3) is 0.533. The Hall–Kier alpha value is -0.740. The lowest BCUT2D eigenvalue weighted by Gasteiger charge is -2.34. The van der Waals surface area contributed by atoms with Gasteiger partial charge in [-0.25, -0.2) is 4.39 Å². The number of Topliss-reactive ketones (excluding diaryl/α,β-unsaturated/α-hetero) is 1. The Bertz CT molecular complexity index is 455. The molecule has 0 heterocycles. The first-order chi connectivity index (χ1) is 9.08. The van der Waals surface area contributed by atoms with Crippen molar-refractivity contribution in [3.05, 3.63) is 34.1 Å². The van der Waals surface area contributed by atoms with Gasteiger partial charge in [-0.2, -0.15) is 0 Å². The number of ether oxygens (including phenoxy) is 1. The molecule has 0 bridgehead atoms. The molecule has 2 nitrogen and oxygen atoms in total. The summed E-state index contributed by atoms with van der Waals surface area (Å²) >= 11 is 3.29. The van der Waals surface area contributed by atoms with Crippen molar-refractivity contribution in [1.29, 1.82) is 0 Å². The first-order valence-corrected chi connectivity index (χ1v) is 7.45. The van der Waals surface area contributed by atoms with Crippen molar-refractivity contribution < 1.29 is 13.9 Å². The van der Waals surface area contributed by atoms with Crippen molar-refractivity contribution in [3.63, 3.8) is 0 Å². The minimum absolute atomic E-state index is 0.108. The largest absolute Gasteiger partial charge is 0.378 e. The van der Waals surface area contributed by atoms with E-state index in [1.165, 1.54) is 6.07 Å². The molecule has 0 N–H and O–H groups in total. The molecule has 0 aliphatic heterocycles. The topological polar surface area (TPSA) is 26.3 Å². The molecule has 1 aliphatic carbocycles. The highest BCUT2D eigenvalue weighted by atomic mass is 79.9. The number of benzene rings is 1. The van der Waals surface area contributed by atoms with Crippen LogP contribution in [0.2, 0.25) is 0 Å². The summed E-state index contributed by atoms with van der Waals surface area (Å²) in [6.07, 6.45) is 2.96. The quantitative estimate of drug-likeness (QED) is 0.791. The number of hydrogen-bond donors (Lipinski definition) is 0. The lowest BCUT2D eigenvalue weighted by atomic mass is 9.78. The molecule has 1 aliphatic rings. The number of hydrogen-bond acceptors (Lipinski definition) is 2. The van der Waals surface area contributed by atoms with Gasteiger partial charge < -0.3 is 4.74 Å². The third kappa shape index (κ3) is 4.11. The van der Waals surface area contributed by atoms with Crippen LogP contribution in [0.5, 0.6) is 0 Å². The van der Waals surface area contributed by atoms with E-state index in [2.05, 4.69) is 15.9 Å². The molecule has 4 heteroatoms. The van der Waals surface area contributed by atoms with Crippen molar-refractivity contribution in [2.24, 2.45) is 5.92 Å². The van der Waals surface area contributed by atoms with E-state index in [0.717, 1.165) is 23.9 Å². The summed E-state index contributed by atoms with van der Waals surface area (Å²) in [5.41, 5.74) is 0.472. The van der Waals surface area contributed by atoms with Gasteiger partial charge in [0.05, 0.1) is 6.10 Å². The molecule has 1 fully saturated rings. The lowest BCUT2D eigenvalue weighted by Crippen LogP contribution is -2.33. The molecule has 1 saturated carbocycles. The molecule has 1 aromatic rings. The molecule has 0 spiro atoms. The molecule has 1 aromatic carbocycles. The third-order valence-corrected chi connectivity index (χ3v) is 4.00. The summed E-state index contributed by atoms with van der Waals surface area (Å²) in [6.45, 7) is 2.71. The maximum Gasteiger partial charge on any atom is 0.137 e. The predicted octanol–water partition coefficient (Wildman–Crippen LogP) is 3.91. The molecule has 19 heavy (non-hydrogen) atoms. The monoisotopic (exact) mass is 328 g/mol. The zero-order valence-electron chi connectivity index (χ0n) is 11.0. The summed E-state index contributed by atoms with van der Waals surface area (Å²) < 4.78 is 19.8. The number of carbonyl (C=O) groups excluding carboxylic acids is 1. The first-order valence-electron chi connectivity index (χ1n) is 6.65. The van der Waals surface area contributed by atoms with Crippen molar-refractivity contribution in [2.45, 2.75) is 38.7 Å². The van der Waals surface area contributed by atoms with Gasteiger partial charge in [0.15, 0.2) is 0 Å². The van der Waals surface area contributed by atoms with Gasteiger partial charge in [0.2, 0.25) is 0 Å². The number of halogens is 2. The van der Waals surface area contributed by atoms with Gasteiger partial charge in [-0.15, -0.1) is 0 Å². The second-order valence-corrected chi connectivity index (χ2v) is 5.99. The SMILES string of the molecule is CCOC1CC(CC(=O)Cc2cc(Br)ccc2F)C1. The van der Waals surface area contributed by atoms with Gasteiger partial charge in [-0.3, -0.25) is 4.79 Å². The fourth-order valence-electron chi connectivity index (χ4n) is 2.50. The summed E-state index contributed by atoms with van der Waals surface area (Å²) in [5, 5.41) is 0. The van der Waals surface area contributed by atoms with Gasteiger partial charge in [0.1, 0.15) is 11.6 Å². The van der Waals surface area contributed by atoms with Gasteiger partial charge in [-0.05, 0) is 49.4 Å². The summed E-state index contributed by atoms with van der Waals surface area (Å²) in [4.78, 5) is 11.9. The van der Waals surface area contributed by atoms with Crippen molar-refractivity contribution in [3.8, 4) is 0 Å². The van der Waals surface area contributed by atoms with Crippen LogP contribution in [0.3, 0.4) is 0 Å². The third-order valence-electron chi connectivity index (χ3n) is 3.51. The zero-order chi connectivity index (χ0) is 13.8. The van der Waals surface area contributed by atoms with E-state index in [1.54, 1.807) is 12.1 Å². The second-order valence-electron chi connectivity index (χ2n) is 5.07. The Balaban J connectivity index is 1.80. The number of rotatable bonds is 6. The highest BCUT2D eigenvalue weighted by molar-refractivity contribution is 9.10. The molecule has 0 saturated heterocycles. The Morgan fingerprint density at radius 1 is 1.47 bits per heavy atom. The van der Waals surface area contributed by atoms with Crippen LogP contribution in [0.15, 0.2) is 22.7 Å². The minimum Gasteiger partial charge on any atom is -0.378 e. The lowest BCUT2D eigenvalue weighted by molar-refractivity contribution is -0.121. The zero-order valence-corrected chi connectivity index (χ0v) is 12.6. The van der Waals surface area contributed by atoms with Crippen molar-refractivity contribution in [2.75, 3.05) is 6.61 Å². The molecule has 0 atom stereocenters. The number of ketones is 1. The molecule has 0 aromatic heterocycles. The summed E-state index contributed by atoms with van der Waals surface area (Å²) in [7, 11) is 0. The molecular weight excluding hydrogens is 311 g/mol. The molecule has 2 rings (SSSR count). The Kier molecular flexibility index (Phi) is 5.11. The van der Waals surface area contributed by atoms with Crippen LogP contribution in [-0.4, -0.2) is 18.5 Å². The molecule has 0 amide bonds.